The summed E-state index contributed by atoms with van der Waals surface area (Å²) in [5.74, 6) is -1.99. The van der Waals surface area contributed by atoms with Gasteiger partial charge < -0.3 is 28.5 Å². The van der Waals surface area contributed by atoms with Crippen LogP contribution < -0.4 is 0 Å². The molecule has 0 aromatic rings. The second-order valence-electron chi connectivity index (χ2n) is 29.1. The van der Waals surface area contributed by atoms with Crippen LogP contribution in [0.1, 0.15) is 386 Å². The molecule has 9 nitrogen and oxygen atoms in total. The minimum Gasteiger partial charge on any atom is -0.477 e. The fourth-order valence-corrected chi connectivity index (χ4v) is 12.1. The highest BCUT2D eigenvalue weighted by atomic mass is 16.7. The molecule has 1 N–H and O–H groups in total. The summed E-state index contributed by atoms with van der Waals surface area (Å²) < 4.78 is 23.1. The van der Waals surface area contributed by atoms with Crippen molar-refractivity contribution in [1.82, 2.24) is 0 Å². The van der Waals surface area contributed by atoms with Gasteiger partial charge in [0, 0.05) is 12.8 Å². The SMILES string of the molecule is CC/C=C\C/C=C\C/C=C\C/C=C\C/C=C\C/C=C\C/C=C\C/C=C\CCCCCCCCCCCCCCC(=O)OC(COC(=O)CCCCCCCCCCCCCCCCCCCCCCCCCCCCCCCCCCCCC)COC(OCC[N+](C)(C)C)C(=O)O. The molecule has 0 aliphatic carbocycles. The predicted molar refractivity (Wildman–Crippen MR) is 419 cm³/mol. The van der Waals surface area contributed by atoms with E-state index in [1.807, 2.05) is 21.1 Å². The molecule has 0 fully saturated rings. The van der Waals surface area contributed by atoms with E-state index < -0.39 is 24.3 Å². The number of likely N-dealkylation sites (N-methyl/N-ethyl adjacent to an activating group) is 1. The third-order valence-electron chi connectivity index (χ3n) is 18.4. The molecule has 0 heterocycles. The molecule has 0 aromatic carbocycles. The second-order valence-corrected chi connectivity index (χ2v) is 29.1. The molecular weight excluding hydrogens is 1200 g/mol. The van der Waals surface area contributed by atoms with Crippen molar-refractivity contribution in [3.63, 3.8) is 0 Å². The van der Waals surface area contributed by atoms with Gasteiger partial charge in [-0.1, -0.05) is 394 Å². The van der Waals surface area contributed by atoms with Gasteiger partial charge in [-0.3, -0.25) is 9.59 Å². The Labute approximate surface area is 601 Å². The van der Waals surface area contributed by atoms with E-state index >= 15 is 0 Å². The predicted octanol–water partition coefficient (Wildman–Crippen LogP) is 26.7. The van der Waals surface area contributed by atoms with Gasteiger partial charge in [0.1, 0.15) is 13.2 Å². The van der Waals surface area contributed by atoms with Crippen LogP contribution in [-0.2, 0) is 33.3 Å². The minimum atomic E-state index is -1.51. The van der Waals surface area contributed by atoms with Crippen LogP contribution in [0, 0.1) is 0 Å². The maximum atomic E-state index is 13.0. The summed E-state index contributed by atoms with van der Waals surface area (Å²) in [5, 5.41) is 9.78. The smallest absolute Gasteiger partial charge is 0.361 e. The summed E-state index contributed by atoms with van der Waals surface area (Å²) in [6.45, 7) is 4.82. The number of allylic oxidation sites excluding steroid dienone is 16. The number of carboxylic acid groups (broad SMARTS) is 1. The van der Waals surface area contributed by atoms with E-state index in [2.05, 4.69) is 111 Å². The van der Waals surface area contributed by atoms with Crippen LogP contribution >= 0.6 is 0 Å². The van der Waals surface area contributed by atoms with Gasteiger partial charge in [0.05, 0.1) is 34.4 Å². The number of nitrogens with zero attached hydrogens (tertiary/aromatic N) is 1. The fourth-order valence-electron chi connectivity index (χ4n) is 12.1. The van der Waals surface area contributed by atoms with Crippen LogP contribution in [0.3, 0.4) is 0 Å². The van der Waals surface area contributed by atoms with E-state index in [0.29, 0.717) is 17.4 Å². The molecule has 0 radical (unpaired) electrons. The number of ether oxygens (including phenoxy) is 4. The van der Waals surface area contributed by atoms with Gasteiger partial charge in [-0.15, -0.1) is 0 Å². The number of carbonyl (C=O) groups excluding carboxylic acids is 2. The Morgan fingerprint density at radius 1 is 0.320 bits per heavy atom. The Bertz CT molecular complexity index is 1920. The molecule has 0 aliphatic heterocycles. The fraction of sp³-hybridized carbons (Fsp3) is 0.784. The molecule has 0 aromatic heterocycles. The molecule has 97 heavy (non-hydrogen) atoms. The van der Waals surface area contributed by atoms with Gasteiger partial charge in [-0.25, -0.2) is 4.79 Å². The van der Waals surface area contributed by atoms with E-state index in [-0.39, 0.29) is 32.2 Å². The van der Waals surface area contributed by atoms with Gasteiger partial charge in [0.15, 0.2) is 6.10 Å². The Morgan fingerprint density at radius 3 is 0.876 bits per heavy atom. The monoisotopic (exact) mass is 1360 g/mol. The van der Waals surface area contributed by atoms with Gasteiger partial charge in [-0.05, 0) is 77.0 Å². The van der Waals surface area contributed by atoms with Crippen molar-refractivity contribution in [2.75, 3.05) is 47.5 Å². The summed E-state index contributed by atoms with van der Waals surface area (Å²) in [7, 11) is 5.99. The maximum absolute atomic E-state index is 13.0. The van der Waals surface area contributed by atoms with Crippen molar-refractivity contribution >= 4 is 17.9 Å². The van der Waals surface area contributed by atoms with Crippen molar-refractivity contribution in [2.45, 2.75) is 399 Å². The van der Waals surface area contributed by atoms with Crippen LogP contribution in [0.25, 0.3) is 0 Å². The molecule has 0 amide bonds. The highest BCUT2D eigenvalue weighted by Gasteiger charge is 2.25. The highest BCUT2D eigenvalue weighted by Crippen LogP contribution is 2.20. The number of quaternary nitrogens is 1. The molecule has 0 saturated heterocycles. The molecule has 2 atom stereocenters. The first-order chi connectivity index (χ1) is 47.6. The summed E-state index contributed by atoms with van der Waals surface area (Å²) in [4.78, 5) is 37.8. The van der Waals surface area contributed by atoms with Crippen molar-refractivity contribution in [2.24, 2.45) is 0 Å². The van der Waals surface area contributed by atoms with Crippen molar-refractivity contribution < 1.29 is 42.9 Å². The number of unbranched alkanes of at least 4 members (excludes halogenated alkanes) is 46. The van der Waals surface area contributed by atoms with Crippen LogP contribution in [0.2, 0.25) is 0 Å². The van der Waals surface area contributed by atoms with Gasteiger partial charge in [-0.2, -0.15) is 0 Å². The largest absolute Gasteiger partial charge is 0.477 e. The van der Waals surface area contributed by atoms with Crippen LogP contribution in [0.15, 0.2) is 97.2 Å². The standard InChI is InChI=1S/C88H157NO8/c1-6-8-10-12-14-16-18-20-22-24-26-28-30-32-34-36-38-40-42-43-45-47-49-51-53-55-57-59-61-63-65-67-69-71-73-75-77-79-86(91)97-84(83-96-88(87(92)93)94-81-80-89(3,4)5)82-95-85(90)78-76-74-72-70-68-66-64-62-60-58-56-54-52-50-48-46-44-41-39-37-35-33-31-29-27-25-23-21-19-17-15-13-11-9-7-2/h8,10,14,16,20,22,26,28,32,34,38,40,43,45,49,51,84,88H,6-7,9,11-13,15,17-19,21,23-25,27,29-31,33,35-37,39,41-42,44,46-48,50,52-83H2,1-5H3/p+1/b10-8-,16-14-,22-20-,28-26-,34-32-,40-38-,45-43-,51-49-. The van der Waals surface area contributed by atoms with Crippen LogP contribution in [0.4, 0.5) is 0 Å². The quantitative estimate of drug-likeness (QED) is 0.0211. The minimum absolute atomic E-state index is 0.182. The van der Waals surface area contributed by atoms with Gasteiger partial charge in [0.25, 0.3) is 6.29 Å². The first kappa shape index (κ1) is 93.2. The lowest BCUT2D eigenvalue weighted by molar-refractivity contribution is -0.870. The van der Waals surface area contributed by atoms with Crippen molar-refractivity contribution in [3.05, 3.63) is 97.2 Å². The molecule has 9 heteroatoms. The van der Waals surface area contributed by atoms with E-state index in [4.69, 9.17) is 18.9 Å². The van der Waals surface area contributed by atoms with Crippen molar-refractivity contribution in [3.8, 4) is 0 Å². The summed E-state index contributed by atoms with van der Waals surface area (Å²) in [6.07, 6.45) is 106. The van der Waals surface area contributed by atoms with Gasteiger partial charge in [0.2, 0.25) is 0 Å². The lowest BCUT2D eigenvalue weighted by Gasteiger charge is -2.25. The lowest BCUT2D eigenvalue weighted by atomic mass is 10.0. The topological polar surface area (TPSA) is 108 Å². The number of hydrogen-bond donors (Lipinski definition) is 1. The molecule has 0 aliphatic rings. The molecule has 0 saturated carbocycles. The molecule has 2 unspecified atom stereocenters. The molecule has 0 rings (SSSR count). The Kier molecular flexibility index (Phi) is 74.9. The first-order valence-electron chi connectivity index (χ1n) is 41.4. The van der Waals surface area contributed by atoms with Gasteiger partial charge >= 0.3 is 17.9 Å². The summed E-state index contributed by atoms with van der Waals surface area (Å²) in [6, 6.07) is 0. The number of carbonyl (C=O) groups is 3. The number of rotatable bonds is 77. The first-order valence-corrected chi connectivity index (χ1v) is 41.4. The van der Waals surface area contributed by atoms with E-state index in [1.54, 1.807) is 0 Å². The van der Waals surface area contributed by atoms with E-state index in [9.17, 15) is 19.5 Å². The average Bonchev–Trinajstić information content (AvgIpc) is 3.11. The molecular formula is C88H158NO8+. The molecule has 0 spiro atoms. The van der Waals surface area contributed by atoms with Crippen LogP contribution in [-0.4, -0.2) is 87.4 Å². The Hall–Kier alpha value is -3.79. The third-order valence-corrected chi connectivity index (χ3v) is 18.4. The normalized spacial score (nSPS) is 13.1. The van der Waals surface area contributed by atoms with E-state index in [1.165, 1.54) is 263 Å². The Balaban J connectivity index is 4.01. The van der Waals surface area contributed by atoms with Crippen molar-refractivity contribution in [1.29, 1.82) is 0 Å². The summed E-state index contributed by atoms with van der Waals surface area (Å²) in [5.41, 5.74) is 0. The summed E-state index contributed by atoms with van der Waals surface area (Å²) >= 11 is 0. The average molecular weight is 1360 g/mol. The van der Waals surface area contributed by atoms with Crippen LogP contribution in [0.5, 0.6) is 0 Å². The highest BCUT2D eigenvalue weighted by molar-refractivity contribution is 5.71. The lowest BCUT2D eigenvalue weighted by Crippen LogP contribution is -2.40. The third kappa shape index (κ3) is 79.4. The number of carboxylic acids is 1. The zero-order chi connectivity index (χ0) is 70.4. The number of hydrogen-bond acceptors (Lipinski definition) is 7. The number of aliphatic carboxylic acids is 1. The maximum Gasteiger partial charge on any atom is 0.361 e. The van der Waals surface area contributed by atoms with E-state index in [0.717, 1.165) is 96.3 Å². The zero-order valence-electron chi connectivity index (χ0n) is 64.5. The second kappa shape index (κ2) is 77.9. The molecule has 0 bridgehead atoms. The zero-order valence-corrected chi connectivity index (χ0v) is 64.5. The Morgan fingerprint density at radius 2 is 0.588 bits per heavy atom. The number of esters is 2. The molecule has 562 valence electrons.